The topological polar surface area (TPSA) is 37.8 Å². The Morgan fingerprint density at radius 1 is 1.42 bits per heavy atom. The molecule has 1 aromatic rings. The third-order valence-electron chi connectivity index (χ3n) is 2.67. The summed E-state index contributed by atoms with van der Waals surface area (Å²) in [5, 5.41) is 3.56. The molecule has 0 atom stereocenters. The molecular weight excluding hydrogens is 258 g/mol. The minimum absolute atomic E-state index is 0.267. The zero-order chi connectivity index (χ0) is 14.3. The zero-order valence-electron chi connectivity index (χ0n) is 11.7. The van der Waals surface area contributed by atoms with Gasteiger partial charge in [-0.25, -0.2) is 9.97 Å². The zero-order valence-corrected chi connectivity index (χ0v) is 12.5. The van der Waals surface area contributed by atoms with E-state index in [-0.39, 0.29) is 5.28 Å². The Labute approximate surface area is 120 Å². The quantitative estimate of drug-likeness (QED) is 0.617. The molecule has 0 aromatic carbocycles. The van der Waals surface area contributed by atoms with E-state index in [2.05, 4.69) is 28.8 Å². The van der Waals surface area contributed by atoms with Crippen molar-refractivity contribution in [2.75, 3.05) is 5.32 Å². The van der Waals surface area contributed by atoms with Crippen LogP contribution in [0.25, 0.3) is 0 Å². The van der Waals surface area contributed by atoms with Crippen LogP contribution in [0.5, 0.6) is 0 Å². The molecule has 0 fully saturated rings. The molecule has 1 N–H and O–H groups in total. The fourth-order valence-electron chi connectivity index (χ4n) is 1.73. The number of nitrogens with one attached hydrogen (secondary N) is 1. The molecule has 0 spiro atoms. The van der Waals surface area contributed by atoms with Gasteiger partial charge < -0.3 is 5.32 Å². The van der Waals surface area contributed by atoms with Gasteiger partial charge in [-0.05, 0) is 37.9 Å². The molecule has 3 nitrogen and oxygen atoms in total. The standard InChI is InChI=1S/C15H20ClN3/c1-5-8-10-12(7-3)18-14-13(9-6-2)11(4)17-15(16)19-14/h5,7-8,10H,1,6,9H2,2-4H3,(H,17,18,19)/b10-8-,12-7+. The summed E-state index contributed by atoms with van der Waals surface area (Å²) in [6.07, 6.45) is 9.48. The van der Waals surface area contributed by atoms with Gasteiger partial charge in [0.05, 0.1) is 0 Å². The van der Waals surface area contributed by atoms with Crippen molar-refractivity contribution in [2.45, 2.75) is 33.6 Å². The van der Waals surface area contributed by atoms with Crippen LogP contribution < -0.4 is 5.32 Å². The second kappa shape index (κ2) is 7.74. The minimum atomic E-state index is 0.267. The van der Waals surface area contributed by atoms with Gasteiger partial charge in [0.15, 0.2) is 0 Å². The van der Waals surface area contributed by atoms with E-state index in [4.69, 9.17) is 11.6 Å². The number of hydrogen-bond acceptors (Lipinski definition) is 3. The van der Waals surface area contributed by atoms with Crippen LogP contribution in [0, 0.1) is 6.92 Å². The fourth-order valence-corrected chi connectivity index (χ4v) is 1.94. The van der Waals surface area contributed by atoms with Crippen molar-refractivity contribution < 1.29 is 0 Å². The monoisotopic (exact) mass is 277 g/mol. The van der Waals surface area contributed by atoms with Crippen LogP contribution in [0.15, 0.2) is 36.6 Å². The molecule has 0 saturated heterocycles. The third-order valence-corrected chi connectivity index (χ3v) is 2.84. The Bertz CT molecular complexity index is 504. The fraction of sp³-hybridized carbons (Fsp3) is 0.333. The third kappa shape index (κ3) is 4.52. The first-order valence-corrected chi connectivity index (χ1v) is 6.75. The lowest BCUT2D eigenvalue weighted by Gasteiger charge is -2.13. The summed E-state index contributed by atoms with van der Waals surface area (Å²) >= 11 is 5.94. The van der Waals surface area contributed by atoms with E-state index in [1.807, 2.05) is 32.1 Å². The highest BCUT2D eigenvalue weighted by molar-refractivity contribution is 6.28. The lowest BCUT2D eigenvalue weighted by molar-refractivity contribution is 0.885. The van der Waals surface area contributed by atoms with Crippen molar-refractivity contribution >= 4 is 17.4 Å². The maximum atomic E-state index is 5.94. The molecule has 4 heteroatoms. The van der Waals surface area contributed by atoms with Crippen molar-refractivity contribution in [1.82, 2.24) is 9.97 Å². The van der Waals surface area contributed by atoms with Gasteiger partial charge in [0, 0.05) is 17.0 Å². The molecule has 19 heavy (non-hydrogen) atoms. The van der Waals surface area contributed by atoms with Gasteiger partial charge in [0.25, 0.3) is 0 Å². The smallest absolute Gasteiger partial charge is 0.224 e. The predicted octanol–water partition coefficient (Wildman–Crippen LogP) is 4.45. The molecular formula is C15H20ClN3. The van der Waals surface area contributed by atoms with Crippen LogP contribution >= 0.6 is 11.6 Å². The van der Waals surface area contributed by atoms with Crippen LogP contribution in [-0.2, 0) is 6.42 Å². The van der Waals surface area contributed by atoms with Crippen LogP contribution in [0.4, 0.5) is 5.82 Å². The predicted molar refractivity (Wildman–Crippen MR) is 82.5 cm³/mol. The van der Waals surface area contributed by atoms with Gasteiger partial charge in [0.1, 0.15) is 5.82 Å². The molecule has 1 aromatic heterocycles. The molecule has 102 valence electrons. The Balaban J connectivity index is 3.11. The number of anilines is 1. The highest BCUT2D eigenvalue weighted by atomic mass is 35.5. The molecule has 0 saturated carbocycles. The largest absolute Gasteiger partial charge is 0.340 e. The van der Waals surface area contributed by atoms with Gasteiger partial charge in [-0.3, -0.25) is 0 Å². The minimum Gasteiger partial charge on any atom is -0.340 e. The summed E-state index contributed by atoms with van der Waals surface area (Å²) in [4.78, 5) is 8.50. The highest BCUT2D eigenvalue weighted by Gasteiger charge is 2.10. The molecule has 0 radical (unpaired) electrons. The molecule has 0 amide bonds. The van der Waals surface area contributed by atoms with Gasteiger partial charge >= 0.3 is 0 Å². The van der Waals surface area contributed by atoms with E-state index < -0.39 is 0 Å². The molecule has 0 aliphatic heterocycles. The Morgan fingerprint density at radius 3 is 2.74 bits per heavy atom. The maximum Gasteiger partial charge on any atom is 0.224 e. The van der Waals surface area contributed by atoms with Crippen LogP contribution in [-0.4, -0.2) is 9.97 Å². The van der Waals surface area contributed by atoms with Gasteiger partial charge in [-0.1, -0.05) is 38.2 Å². The van der Waals surface area contributed by atoms with E-state index >= 15 is 0 Å². The number of hydrogen-bond donors (Lipinski definition) is 1. The molecule has 0 aliphatic rings. The van der Waals surface area contributed by atoms with Crippen LogP contribution in [0.3, 0.4) is 0 Å². The Hall–Kier alpha value is -1.61. The van der Waals surface area contributed by atoms with E-state index in [1.54, 1.807) is 6.08 Å². The lowest BCUT2D eigenvalue weighted by atomic mass is 10.1. The number of rotatable bonds is 6. The normalized spacial score (nSPS) is 11.9. The number of halogens is 1. The first-order chi connectivity index (χ1) is 9.12. The Kier molecular flexibility index (Phi) is 6.30. The summed E-state index contributed by atoms with van der Waals surface area (Å²) in [6.45, 7) is 9.71. The first kappa shape index (κ1) is 15.4. The maximum absolute atomic E-state index is 5.94. The average molecular weight is 278 g/mol. The van der Waals surface area contributed by atoms with Gasteiger partial charge in [0.2, 0.25) is 5.28 Å². The number of nitrogens with zero attached hydrogens (tertiary/aromatic N) is 2. The number of aryl methyl sites for hydroxylation is 1. The van der Waals surface area contributed by atoms with E-state index in [9.17, 15) is 0 Å². The van der Waals surface area contributed by atoms with Gasteiger partial charge in [-0.2, -0.15) is 0 Å². The van der Waals surface area contributed by atoms with E-state index in [1.165, 1.54) is 0 Å². The first-order valence-electron chi connectivity index (χ1n) is 6.37. The summed E-state index contributed by atoms with van der Waals surface area (Å²) in [6, 6.07) is 0. The summed E-state index contributed by atoms with van der Waals surface area (Å²) < 4.78 is 0. The number of allylic oxidation sites excluding steroid dienone is 4. The SMILES string of the molecule is C=C/C=C\C(=C/C)Nc1nc(Cl)nc(C)c1CCC. The van der Waals surface area contributed by atoms with E-state index in [0.29, 0.717) is 0 Å². The molecule has 0 bridgehead atoms. The van der Waals surface area contributed by atoms with Crippen molar-refractivity contribution in [3.05, 3.63) is 53.1 Å². The molecule has 0 unspecified atom stereocenters. The van der Waals surface area contributed by atoms with Crippen molar-refractivity contribution in [2.24, 2.45) is 0 Å². The molecule has 1 rings (SSSR count). The van der Waals surface area contributed by atoms with Gasteiger partial charge in [-0.15, -0.1) is 0 Å². The second-order valence-electron chi connectivity index (χ2n) is 4.12. The lowest BCUT2D eigenvalue weighted by Crippen LogP contribution is -2.07. The number of aromatic nitrogens is 2. The van der Waals surface area contributed by atoms with Crippen molar-refractivity contribution in [3.8, 4) is 0 Å². The molecule has 1 heterocycles. The summed E-state index contributed by atoms with van der Waals surface area (Å²) in [7, 11) is 0. The molecule has 0 aliphatic carbocycles. The van der Waals surface area contributed by atoms with Crippen molar-refractivity contribution in [1.29, 1.82) is 0 Å². The second-order valence-corrected chi connectivity index (χ2v) is 4.46. The Morgan fingerprint density at radius 2 is 2.16 bits per heavy atom. The van der Waals surface area contributed by atoms with Crippen LogP contribution in [0.2, 0.25) is 5.28 Å². The highest BCUT2D eigenvalue weighted by Crippen LogP contribution is 2.21. The van der Waals surface area contributed by atoms with Crippen molar-refractivity contribution in [3.63, 3.8) is 0 Å². The van der Waals surface area contributed by atoms with E-state index in [0.717, 1.165) is 35.6 Å². The summed E-state index contributed by atoms with van der Waals surface area (Å²) in [5.74, 6) is 0.779. The average Bonchev–Trinajstić information content (AvgIpc) is 2.38. The summed E-state index contributed by atoms with van der Waals surface area (Å²) in [5.41, 5.74) is 2.98. The van der Waals surface area contributed by atoms with Crippen LogP contribution in [0.1, 0.15) is 31.5 Å².